The van der Waals surface area contributed by atoms with Crippen LogP contribution in [0.5, 0.6) is 5.75 Å². The first-order valence-corrected chi connectivity index (χ1v) is 6.32. The van der Waals surface area contributed by atoms with Crippen molar-refractivity contribution in [3.63, 3.8) is 0 Å². The molecule has 8 heteroatoms. The number of hydrogen-bond acceptors (Lipinski definition) is 6. The molecule has 0 radical (unpaired) electrons. The first kappa shape index (κ1) is 17.2. The first-order valence-electron chi connectivity index (χ1n) is 6.32. The van der Waals surface area contributed by atoms with Crippen LogP contribution in [-0.2, 0) is 9.53 Å². The van der Waals surface area contributed by atoms with Crippen LogP contribution in [0.25, 0.3) is 0 Å². The van der Waals surface area contributed by atoms with Crippen LogP contribution in [0.2, 0.25) is 0 Å². The van der Waals surface area contributed by atoms with Gasteiger partial charge in [0.05, 0.1) is 12.0 Å². The van der Waals surface area contributed by atoms with E-state index in [4.69, 9.17) is 9.47 Å². The zero-order valence-electron chi connectivity index (χ0n) is 12.2. The summed E-state index contributed by atoms with van der Waals surface area (Å²) in [5.41, 5.74) is -0.406. The topological polar surface area (TPSA) is 108 Å². The van der Waals surface area contributed by atoms with E-state index in [0.29, 0.717) is 0 Å². The number of nitrogens with one attached hydrogen (secondary N) is 1. The van der Waals surface area contributed by atoms with E-state index in [1.54, 1.807) is 0 Å². The summed E-state index contributed by atoms with van der Waals surface area (Å²) in [5.74, 6) is -1.27. The second-order valence-electron chi connectivity index (χ2n) is 4.22. The maximum atomic E-state index is 12.1. The van der Waals surface area contributed by atoms with Crippen LogP contribution in [0.4, 0.5) is 5.69 Å². The standard InChI is InChI=1S/C14H16N2O6/c1-4-7-15-13(17)9(2)22-14(18)11-8-10(16(19)20)5-6-12(11)21-3/h4-6,8-9H,1,7H2,2-3H3,(H,15,17)/t9-/m1/s1. The quantitative estimate of drug-likeness (QED) is 0.353. The third-order valence-electron chi connectivity index (χ3n) is 2.69. The molecule has 0 heterocycles. The predicted octanol–water partition coefficient (Wildman–Crippen LogP) is 1.45. The van der Waals surface area contributed by atoms with Crippen molar-refractivity contribution < 1.29 is 24.0 Å². The van der Waals surface area contributed by atoms with E-state index in [1.807, 2.05) is 0 Å². The Bertz CT molecular complexity index is 599. The zero-order chi connectivity index (χ0) is 16.7. The van der Waals surface area contributed by atoms with E-state index in [-0.39, 0.29) is 23.5 Å². The second-order valence-corrected chi connectivity index (χ2v) is 4.22. The summed E-state index contributed by atoms with van der Waals surface area (Å²) < 4.78 is 9.96. The maximum absolute atomic E-state index is 12.1. The van der Waals surface area contributed by atoms with Gasteiger partial charge in [0.2, 0.25) is 0 Å². The van der Waals surface area contributed by atoms with Gasteiger partial charge in [-0.3, -0.25) is 14.9 Å². The molecule has 0 unspecified atom stereocenters. The summed E-state index contributed by atoms with van der Waals surface area (Å²) >= 11 is 0. The van der Waals surface area contributed by atoms with Crippen molar-refractivity contribution >= 4 is 17.6 Å². The molecule has 0 saturated carbocycles. The molecule has 1 atom stereocenters. The number of amides is 1. The van der Waals surface area contributed by atoms with Gasteiger partial charge in [-0.15, -0.1) is 6.58 Å². The fourth-order valence-corrected chi connectivity index (χ4v) is 1.56. The summed E-state index contributed by atoms with van der Waals surface area (Å²) in [6, 6.07) is 3.53. The van der Waals surface area contributed by atoms with Gasteiger partial charge in [-0.25, -0.2) is 4.79 Å². The van der Waals surface area contributed by atoms with Gasteiger partial charge >= 0.3 is 5.97 Å². The largest absolute Gasteiger partial charge is 0.496 e. The molecule has 0 aliphatic heterocycles. The van der Waals surface area contributed by atoms with Crippen LogP contribution in [0.3, 0.4) is 0 Å². The smallest absolute Gasteiger partial charge is 0.342 e. The summed E-state index contributed by atoms with van der Waals surface area (Å²) in [6.45, 7) is 5.07. The van der Waals surface area contributed by atoms with Crippen LogP contribution >= 0.6 is 0 Å². The van der Waals surface area contributed by atoms with Gasteiger partial charge in [-0.05, 0) is 13.0 Å². The molecule has 8 nitrogen and oxygen atoms in total. The number of nitro groups is 1. The van der Waals surface area contributed by atoms with Crippen LogP contribution in [0.1, 0.15) is 17.3 Å². The Balaban J connectivity index is 2.92. The zero-order valence-corrected chi connectivity index (χ0v) is 12.2. The fraction of sp³-hybridized carbons (Fsp3) is 0.286. The molecule has 0 aliphatic carbocycles. The molecule has 0 saturated heterocycles. The van der Waals surface area contributed by atoms with Gasteiger partial charge in [-0.1, -0.05) is 6.08 Å². The Morgan fingerprint density at radius 1 is 1.50 bits per heavy atom. The van der Waals surface area contributed by atoms with Crippen LogP contribution in [-0.4, -0.2) is 36.6 Å². The number of nitrogens with zero attached hydrogens (tertiary/aromatic N) is 1. The number of nitro benzene ring substituents is 1. The van der Waals surface area contributed by atoms with Crippen molar-refractivity contribution in [1.29, 1.82) is 0 Å². The van der Waals surface area contributed by atoms with Gasteiger partial charge in [-0.2, -0.15) is 0 Å². The number of ether oxygens (including phenoxy) is 2. The average Bonchev–Trinajstić information content (AvgIpc) is 2.51. The average molecular weight is 308 g/mol. The molecule has 0 fully saturated rings. The summed E-state index contributed by atoms with van der Waals surface area (Å²) in [7, 11) is 1.32. The molecule has 1 amide bonds. The highest BCUT2D eigenvalue weighted by Gasteiger charge is 2.23. The van der Waals surface area contributed by atoms with E-state index in [9.17, 15) is 19.7 Å². The van der Waals surface area contributed by atoms with Crippen molar-refractivity contribution in [3.8, 4) is 5.75 Å². The molecule has 0 bridgehead atoms. The number of benzene rings is 1. The minimum absolute atomic E-state index is 0.120. The van der Waals surface area contributed by atoms with E-state index >= 15 is 0 Å². The first-order chi connectivity index (χ1) is 10.4. The number of carbonyl (C=O) groups is 2. The van der Waals surface area contributed by atoms with Crippen molar-refractivity contribution in [3.05, 3.63) is 46.5 Å². The SMILES string of the molecule is C=CCNC(=O)[C@@H](C)OC(=O)c1cc([N+](=O)[O-])ccc1OC. The number of rotatable bonds is 7. The highest BCUT2D eigenvalue weighted by atomic mass is 16.6. The Kier molecular flexibility index (Phi) is 6.06. The predicted molar refractivity (Wildman–Crippen MR) is 77.7 cm³/mol. The van der Waals surface area contributed by atoms with E-state index in [0.717, 1.165) is 6.07 Å². The summed E-state index contributed by atoms with van der Waals surface area (Å²) in [6.07, 6.45) is 0.423. The molecule has 118 valence electrons. The highest BCUT2D eigenvalue weighted by molar-refractivity contribution is 5.95. The maximum Gasteiger partial charge on any atom is 0.342 e. The fourth-order valence-electron chi connectivity index (χ4n) is 1.56. The molecule has 0 aliphatic rings. The van der Waals surface area contributed by atoms with Gasteiger partial charge in [0.15, 0.2) is 6.10 Å². The van der Waals surface area contributed by atoms with Gasteiger partial charge in [0.25, 0.3) is 11.6 Å². The third kappa shape index (κ3) is 4.30. The van der Waals surface area contributed by atoms with E-state index < -0.39 is 22.9 Å². The lowest BCUT2D eigenvalue weighted by molar-refractivity contribution is -0.384. The molecule has 1 N–H and O–H groups in total. The normalized spacial score (nSPS) is 11.2. The second kappa shape index (κ2) is 7.77. The third-order valence-corrected chi connectivity index (χ3v) is 2.69. The van der Waals surface area contributed by atoms with Gasteiger partial charge in [0, 0.05) is 18.7 Å². The van der Waals surface area contributed by atoms with Gasteiger partial charge in [0.1, 0.15) is 11.3 Å². The lowest BCUT2D eigenvalue weighted by Crippen LogP contribution is -2.35. The van der Waals surface area contributed by atoms with E-state index in [1.165, 1.54) is 32.2 Å². The number of hydrogen-bond donors (Lipinski definition) is 1. The lowest BCUT2D eigenvalue weighted by Gasteiger charge is -2.14. The summed E-state index contributed by atoms with van der Waals surface area (Å²) in [4.78, 5) is 33.8. The van der Waals surface area contributed by atoms with Crippen molar-refractivity contribution in [2.45, 2.75) is 13.0 Å². The number of methoxy groups -OCH3 is 1. The molecular weight excluding hydrogens is 292 g/mol. The molecule has 1 aromatic rings. The van der Waals surface area contributed by atoms with Crippen molar-refractivity contribution in [1.82, 2.24) is 5.32 Å². The number of non-ortho nitro benzene ring substituents is 1. The molecule has 1 rings (SSSR count). The van der Waals surface area contributed by atoms with Crippen LogP contribution < -0.4 is 10.1 Å². The van der Waals surface area contributed by atoms with Crippen LogP contribution in [0, 0.1) is 10.1 Å². The van der Waals surface area contributed by atoms with Crippen molar-refractivity contribution in [2.75, 3.05) is 13.7 Å². The molecule has 0 aromatic heterocycles. The van der Waals surface area contributed by atoms with E-state index in [2.05, 4.69) is 11.9 Å². The minimum atomic E-state index is -1.06. The Hall–Kier alpha value is -2.90. The number of carbonyl (C=O) groups excluding carboxylic acids is 2. The molecule has 1 aromatic carbocycles. The Morgan fingerprint density at radius 3 is 2.73 bits per heavy atom. The number of esters is 1. The van der Waals surface area contributed by atoms with Crippen LogP contribution in [0.15, 0.2) is 30.9 Å². The van der Waals surface area contributed by atoms with Crippen molar-refractivity contribution in [2.24, 2.45) is 0 Å². The molecule has 0 spiro atoms. The highest BCUT2D eigenvalue weighted by Crippen LogP contribution is 2.25. The Labute approximate surface area is 126 Å². The lowest BCUT2D eigenvalue weighted by atomic mass is 10.1. The molecular formula is C14H16N2O6. The Morgan fingerprint density at radius 2 is 2.18 bits per heavy atom. The monoisotopic (exact) mass is 308 g/mol. The summed E-state index contributed by atoms with van der Waals surface area (Å²) in [5, 5.41) is 13.2. The van der Waals surface area contributed by atoms with Gasteiger partial charge < -0.3 is 14.8 Å². The molecule has 22 heavy (non-hydrogen) atoms. The minimum Gasteiger partial charge on any atom is -0.496 e.